The predicted molar refractivity (Wildman–Crippen MR) is 91.5 cm³/mol. The molecule has 23 heavy (non-hydrogen) atoms. The number of nitrogens with one attached hydrogen (secondary N) is 1. The van der Waals surface area contributed by atoms with Crippen LogP contribution in [0, 0.1) is 11.3 Å². The van der Waals surface area contributed by atoms with Gasteiger partial charge in [-0.3, -0.25) is 10.1 Å². The molecule has 1 amide bonds. The average molecular weight is 346 g/mol. The van der Waals surface area contributed by atoms with Gasteiger partial charge in [0.15, 0.2) is 4.34 Å². The quantitative estimate of drug-likeness (QED) is 0.374. The molecule has 0 aliphatic rings. The number of ether oxygens (including phenoxy) is 1. The molecule has 8 heteroatoms. The summed E-state index contributed by atoms with van der Waals surface area (Å²) in [7, 11) is 1.53. The van der Waals surface area contributed by atoms with Gasteiger partial charge in [0.05, 0.1) is 7.11 Å². The minimum absolute atomic E-state index is 0.0330. The summed E-state index contributed by atoms with van der Waals surface area (Å²) in [6.45, 7) is 2.01. The van der Waals surface area contributed by atoms with Crippen molar-refractivity contribution in [1.82, 2.24) is 10.2 Å². The van der Waals surface area contributed by atoms with Gasteiger partial charge in [-0.1, -0.05) is 48.2 Å². The van der Waals surface area contributed by atoms with Gasteiger partial charge in [0.1, 0.15) is 17.4 Å². The highest BCUT2D eigenvalue weighted by Crippen LogP contribution is 2.26. The molecule has 1 aromatic carbocycles. The number of methoxy groups -OCH3 is 1. The lowest BCUT2D eigenvalue weighted by atomic mass is 10.1. The smallest absolute Gasteiger partial charge is 0.268 e. The number of amides is 1. The molecule has 1 aromatic heterocycles. The first kappa shape index (κ1) is 17.0. The van der Waals surface area contributed by atoms with Crippen molar-refractivity contribution in [3.8, 4) is 11.8 Å². The number of hydrogen-bond donors (Lipinski definition) is 1. The van der Waals surface area contributed by atoms with Gasteiger partial charge in [-0.25, -0.2) is 0 Å². The van der Waals surface area contributed by atoms with E-state index in [2.05, 4.69) is 15.5 Å². The molecule has 0 saturated carbocycles. The Bertz CT molecular complexity index is 765. The number of para-hydroxylation sites is 1. The Hall–Kier alpha value is -2.37. The van der Waals surface area contributed by atoms with E-state index in [1.165, 1.54) is 24.5 Å². The second-order valence-electron chi connectivity index (χ2n) is 4.17. The largest absolute Gasteiger partial charge is 0.496 e. The summed E-state index contributed by atoms with van der Waals surface area (Å²) in [5.74, 6) is 0.938. The van der Waals surface area contributed by atoms with Crippen molar-refractivity contribution in [2.24, 2.45) is 0 Å². The Labute approximate surface area is 142 Å². The minimum Gasteiger partial charge on any atom is -0.496 e. The van der Waals surface area contributed by atoms with Gasteiger partial charge in [0.2, 0.25) is 5.13 Å². The highest BCUT2D eigenvalue weighted by molar-refractivity contribution is 8.01. The van der Waals surface area contributed by atoms with E-state index < -0.39 is 5.91 Å². The van der Waals surface area contributed by atoms with E-state index in [1.807, 2.05) is 19.1 Å². The fourth-order valence-electron chi connectivity index (χ4n) is 1.70. The van der Waals surface area contributed by atoms with Crippen LogP contribution in [0.2, 0.25) is 0 Å². The van der Waals surface area contributed by atoms with Crippen molar-refractivity contribution in [3.05, 3.63) is 35.4 Å². The lowest BCUT2D eigenvalue weighted by molar-refractivity contribution is -0.112. The van der Waals surface area contributed by atoms with Crippen molar-refractivity contribution in [2.75, 3.05) is 18.2 Å². The van der Waals surface area contributed by atoms with E-state index in [1.54, 1.807) is 30.0 Å². The molecule has 6 nitrogen and oxygen atoms in total. The third-order valence-electron chi connectivity index (χ3n) is 2.70. The number of nitrogens with zero attached hydrogens (tertiary/aromatic N) is 3. The molecule has 1 N–H and O–H groups in total. The predicted octanol–water partition coefficient (Wildman–Crippen LogP) is 3.20. The molecule has 0 bridgehead atoms. The van der Waals surface area contributed by atoms with E-state index in [0.717, 1.165) is 10.1 Å². The summed E-state index contributed by atoms with van der Waals surface area (Å²) in [5.41, 5.74) is 0.621. The molecule has 118 valence electrons. The number of thioether (sulfide) groups is 1. The molecule has 0 saturated heterocycles. The van der Waals surface area contributed by atoms with Gasteiger partial charge in [-0.2, -0.15) is 5.26 Å². The monoisotopic (exact) mass is 346 g/mol. The van der Waals surface area contributed by atoms with E-state index in [0.29, 0.717) is 16.4 Å². The molecule has 0 aliphatic heterocycles. The number of nitriles is 1. The zero-order valence-electron chi connectivity index (χ0n) is 12.6. The van der Waals surface area contributed by atoms with Crippen molar-refractivity contribution in [1.29, 1.82) is 5.26 Å². The van der Waals surface area contributed by atoms with Crippen LogP contribution in [0.25, 0.3) is 6.08 Å². The van der Waals surface area contributed by atoms with Crippen LogP contribution < -0.4 is 10.1 Å². The van der Waals surface area contributed by atoms with Crippen LogP contribution in [0.4, 0.5) is 5.13 Å². The second-order valence-corrected chi connectivity index (χ2v) is 6.66. The standard InChI is InChI=1S/C15H14N4O2S2/c1-3-22-15-19-18-14(23-15)17-13(20)11(9-16)8-10-6-4-5-7-12(10)21-2/h4-8H,3H2,1-2H3,(H,17,18,20)/b11-8+. The molecule has 1 heterocycles. The van der Waals surface area contributed by atoms with Gasteiger partial charge >= 0.3 is 0 Å². The molecule has 0 atom stereocenters. The SMILES string of the molecule is CCSc1nnc(NC(=O)/C(C#N)=C/c2ccccc2OC)s1. The molecular weight excluding hydrogens is 332 g/mol. The Morgan fingerprint density at radius 2 is 2.26 bits per heavy atom. The van der Waals surface area contributed by atoms with E-state index in [-0.39, 0.29) is 5.57 Å². The summed E-state index contributed by atoms with van der Waals surface area (Å²) in [6.07, 6.45) is 1.48. The number of aromatic nitrogens is 2. The Kier molecular flexibility index (Phi) is 6.14. The third-order valence-corrected chi connectivity index (χ3v) is 4.55. The Balaban J connectivity index is 2.18. The van der Waals surface area contributed by atoms with E-state index >= 15 is 0 Å². The number of benzene rings is 1. The fraction of sp³-hybridized carbons (Fsp3) is 0.200. The summed E-state index contributed by atoms with van der Waals surface area (Å²) in [4.78, 5) is 12.2. The topological polar surface area (TPSA) is 87.9 Å². The lowest BCUT2D eigenvalue weighted by Gasteiger charge is -2.04. The van der Waals surface area contributed by atoms with Gasteiger partial charge in [-0.05, 0) is 17.9 Å². The molecule has 0 spiro atoms. The van der Waals surface area contributed by atoms with Crippen molar-refractivity contribution in [2.45, 2.75) is 11.3 Å². The van der Waals surface area contributed by atoms with Crippen LogP contribution in [0.3, 0.4) is 0 Å². The molecule has 0 fully saturated rings. The van der Waals surface area contributed by atoms with Gasteiger partial charge in [-0.15, -0.1) is 10.2 Å². The summed E-state index contributed by atoms with van der Waals surface area (Å²) in [5, 5.41) is 20.0. The Morgan fingerprint density at radius 3 is 2.96 bits per heavy atom. The second kappa shape index (κ2) is 8.31. The number of anilines is 1. The van der Waals surface area contributed by atoms with Gasteiger partial charge in [0, 0.05) is 5.56 Å². The summed E-state index contributed by atoms with van der Waals surface area (Å²) in [6, 6.07) is 9.05. The van der Waals surface area contributed by atoms with Crippen LogP contribution in [0.5, 0.6) is 5.75 Å². The zero-order chi connectivity index (χ0) is 16.7. The van der Waals surface area contributed by atoms with Crippen molar-refractivity contribution in [3.63, 3.8) is 0 Å². The first-order chi connectivity index (χ1) is 11.2. The number of carbonyl (C=O) groups excluding carboxylic acids is 1. The first-order valence-corrected chi connectivity index (χ1v) is 8.50. The summed E-state index contributed by atoms with van der Waals surface area (Å²) >= 11 is 2.82. The maximum atomic E-state index is 12.2. The van der Waals surface area contributed by atoms with Crippen LogP contribution in [-0.2, 0) is 4.79 Å². The normalized spacial score (nSPS) is 10.9. The lowest BCUT2D eigenvalue weighted by Crippen LogP contribution is -2.13. The zero-order valence-corrected chi connectivity index (χ0v) is 14.2. The number of rotatable bonds is 6. The number of carbonyl (C=O) groups is 1. The van der Waals surface area contributed by atoms with E-state index in [4.69, 9.17) is 4.74 Å². The van der Waals surface area contributed by atoms with Crippen LogP contribution in [0.1, 0.15) is 12.5 Å². The first-order valence-electron chi connectivity index (χ1n) is 6.70. The fourth-order valence-corrected chi connectivity index (χ4v) is 3.34. The summed E-state index contributed by atoms with van der Waals surface area (Å²) < 4.78 is 5.98. The third kappa shape index (κ3) is 4.55. The van der Waals surface area contributed by atoms with Crippen LogP contribution in [-0.4, -0.2) is 29.0 Å². The van der Waals surface area contributed by atoms with E-state index in [9.17, 15) is 10.1 Å². The van der Waals surface area contributed by atoms with Crippen molar-refractivity contribution < 1.29 is 9.53 Å². The highest BCUT2D eigenvalue weighted by atomic mass is 32.2. The molecule has 2 aromatic rings. The van der Waals surface area contributed by atoms with Crippen molar-refractivity contribution >= 4 is 40.2 Å². The maximum absolute atomic E-state index is 12.2. The van der Waals surface area contributed by atoms with Crippen LogP contribution in [0.15, 0.2) is 34.2 Å². The van der Waals surface area contributed by atoms with Gasteiger partial charge < -0.3 is 4.74 Å². The average Bonchev–Trinajstić information content (AvgIpc) is 3.00. The van der Waals surface area contributed by atoms with Gasteiger partial charge in [0.25, 0.3) is 5.91 Å². The van der Waals surface area contributed by atoms with Crippen LogP contribution >= 0.6 is 23.1 Å². The minimum atomic E-state index is -0.525. The highest BCUT2D eigenvalue weighted by Gasteiger charge is 2.13. The molecule has 0 unspecified atom stereocenters. The molecule has 0 aliphatic carbocycles. The molecular formula is C15H14N4O2S2. The maximum Gasteiger partial charge on any atom is 0.268 e. The number of hydrogen-bond acceptors (Lipinski definition) is 7. The Morgan fingerprint density at radius 1 is 1.48 bits per heavy atom. The molecule has 2 rings (SSSR count). The molecule has 0 radical (unpaired) electrons.